The third kappa shape index (κ3) is 5.53. The summed E-state index contributed by atoms with van der Waals surface area (Å²) in [6.45, 7) is 10.5. The van der Waals surface area contributed by atoms with E-state index in [0.717, 1.165) is 0 Å². The minimum atomic E-state index is -0.900. The summed E-state index contributed by atoms with van der Waals surface area (Å²) in [7, 11) is 0. The third-order valence-electron chi connectivity index (χ3n) is 3.11. The Morgan fingerprint density at radius 2 is 1.47 bits per heavy atom. The van der Waals surface area contributed by atoms with Gasteiger partial charge in [0.1, 0.15) is 18.2 Å². The predicted molar refractivity (Wildman–Crippen MR) is 73.7 cm³/mol. The van der Waals surface area contributed by atoms with Crippen LogP contribution >= 0.6 is 0 Å². The summed E-state index contributed by atoms with van der Waals surface area (Å²) < 4.78 is 5.23. The van der Waals surface area contributed by atoms with Crippen molar-refractivity contribution < 1.29 is 19.1 Å². The molecule has 0 aliphatic heterocycles. The van der Waals surface area contributed by atoms with Crippen LogP contribution in [0.15, 0.2) is 0 Å². The molecule has 0 saturated carbocycles. The van der Waals surface area contributed by atoms with Gasteiger partial charge in [0.2, 0.25) is 0 Å². The fourth-order valence-corrected chi connectivity index (χ4v) is 1.66. The molecule has 0 fully saturated rings. The average Bonchev–Trinajstić information content (AvgIpc) is 2.33. The summed E-state index contributed by atoms with van der Waals surface area (Å²) in [5, 5.41) is 0. The Morgan fingerprint density at radius 1 is 0.947 bits per heavy atom. The van der Waals surface area contributed by atoms with E-state index < -0.39 is 10.8 Å². The highest BCUT2D eigenvalue weighted by Crippen LogP contribution is 2.27. The average molecular weight is 270 g/mol. The van der Waals surface area contributed by atoms with Crippen molar-refractivity contribution in [2.75, 3.05) is 6.61 Å². The van der Waals surface area contributed by atoms with Crippen molar-refractivity contribution in [2.24, 2.45) is 10.8 Å². The van der Waals surface area contributed by atoms with E-state index in [2.05, 4.69) is 0 Å². The van der Waals surface area contributed by atoms with E-state index in [1.54, 1.807) is 41.5 Å². The van der Waals surface area contributed by atoms with Gasteiger partial charge in [-0.1, -0.05) is 13.8 Å². The monoisotopic (exact) mass is 270 g/mol. The molecule has 19 heavy (non-hydrogen) atoms. The van der Waals surface area contributed by atoms with Crippen molar-refractivity contribution in [3.63, 3.8) is 0 Å². The molecule has 4 nitrogen and oxygen atoms in total. The number of hydrogen-bond donors (Lipinski definition) is 0. The number of esters is 1. The zero-order valence-corrected chi connectivity index (χ0v) is 13.0. The van der Waals surface area contributed by atoms with Gasteiger partial charge in [-0.3, -0.25) is 14.4 Å². The summed E-state index contributed by atoms with van der Waals surface area (Å²) in [5.74, 6) is -0.390. The van der Waals surface area contributed by atoms with Gasteiger partial charge in [-0.15, -0.1) is 0 Å². The molecule has 0 rings (SSSR count). The Kier molecular flexibility index (Phi) is 6.40. The Balaban J connectivity index is 4.84. The molecule has 0 aliphatic carbocycles. The van der Waals surface area contributed by atoms with Gasteiger partial charge in [0.15, 0.2) is 0 Å². The molecule has 0 bridgehead atoms. The molecule has 0 amide bonds. The maximum atomic E-state index is 12.0. The van der Waals surface area contributed by atoms with E-state index in [-0.39, 0.29) is 30.6 Å². The first kappa shape index (κ1) is 17.8. The molecule has 0 spiro atoms. The van der Waals surface area contributed by atoms with Gasteiger partial charge in [-0.25, -0.2) is 0 Å². The molecular weight excluding hydrogens is 244 g/mol. The number of rotatable bonds is 7. The van der Waals surface area contributed by atoms with Crippen LogP contribution in [0, 0.1) is 10.8 Å². The van der Waals surface area contributed by atoms with E-state index in [9.17, 15) is 14.4 Å². The van der Waals surface area contributed by atoms with Gasteiger partial charge in [0, 0.05) is 19.3 Å². The smallest absolute Gasteiger partial charge is 0.311 e. The normalized spacial score (nSPS) is 14.6. The van der Waals surface area contributed by atoms with Crippen molar-refractivity contribution in [3.8, 4) is 0 Å². The van der Waals surface area contributed by atoms with Crippen molar-refractivity contribution in [1.82, 2.24) is 0 Å². The van der Waals surface area contributed by atoms with Crippen LogP contribution in [0.1, 0.15) is 60.8 Å². The summed E-state index contributed by atoms with van der Waals surface area (Å²) in [5.41, 5.74) is -1.51. The number of ketones is 2. The number of hydrogen-bond acceptors (Lipinski definition) is 4. The standard InChI is InChI=1S/C15H26O4/c1-7-11(16)9-15(6,12(17)8-2)10-19-13(18)14(3,4)5/h7-10H2,1-6H3. The van der Waals surface area contributed by atoms with Crippen molar-refractivity contribution in [2.45, 2.75) is 60.8 Å². The Morgan fingerprint density at radius 3 is 1.84 bits per heavy atom. The van der Waals surface area contributed by atoms with Crippen molar-refractivity contribution >= 4 is 17.5 Å². The first-order valence-corrected chi connectivity index (χ1v) is 6.79. The lowest BCUT2D eigenvalue weighted by atomic mass is 9.80. The third-order valence-corrected chi connectivity index (χ3v) is 3.11. The van der Waals surface area contributed by atoms with Crippen LogP contribution in [0.5, 0.6) is 0 Å². The number of carbonyl (C=O) groups is 3. The Bertz CT molecular complexity index is 352. The first-order valence-electron chi connectivity index (χ1n) is 6.79. The zero-order chi connectivity index (χ0) is 15.3. The summed E-state index contributed by atoms with van der Waals surface area (Å²) in [6.07, 6.45) is 0.855. The summed E-state index contributed by atoms with van der Waals surface area (Å²) in [6, 6.07) is 0. The van der Waals surface area contributed by atoms with Gasteiger partial charge >= 0.3 is 5.97 Å². The lowest BCUT2D eigenvalue weighted by molar-refractivity contribution is -0.159. The maximum absolute atomic E-state index is 12.0. The van der Waals surface area contributed by atoms with Crippen LogP contribution in [0.4, 0.5) is 0 Å². The summed E-state index contributed by atoms with van der Waals surface area (Å²) in [4.78, 5) is 35.4. The van der Waals surface area contributed by atoms with Crippen LogP contribution in [-0.4, -0.2) is 24.1 Å². The second-order valence-electron chi connectivity index (χ2n) is 6.23. The van der Waals surface area contributed by atoms with Crippen molar-refractivity contribution in [3.05, 3.63) is 0 Å². The molecule has 110 valence electrons. The lowest BCUT2D eigenvalue weighted by Crippen LogP contribution is -2.37. The van der Waals surface area contributed by atoms with E-state index in [1.807, 2.05) is 0 Å². The number of Topliss-reactive ketones (excluding diaryl/α,β-unsaturated/α-hetero) is 2. The minimum absolute atomic E-state index is 0.0103. The number of ether oxygens (including phenoxy) is 1. The molecule has 0 aliphatic rings. The molecule has 1 atom stereocenters. The number of carbonyl (C=O) groups excluding carboxylic acids is 3. The highest BCUT2D eigenvalue weighted by atomic mass is 16.5. The van der Waals surface area contributed by atoms with Gasteiger partial charge in [0.25, 0.3) is 0 Å². The lowest BCUT2D eigenvalue weighted by Gasteiger charge is -2.28. The first-order chi connectivity index (χ1) is 8.56. The predicted octanol–water partition coefficient (Wildman–Crippen LogP) is 2.93. The Labute approximate surface area is 115 Å². The molecule has 1 unspecified atom stereocenters. The largest absolute Gasteiger partial charge is 0.464 e. The van der Waals surface area contributed by atoms with Crippen LogP contribution in [0.2, 0.25) is 0 Å². The second kappa shape index (κ2) is 6.83. The van der Waals surface area contributed by atoms with Gasteiger partial charge in [-0.2, -0.15) is 0 Å². The van der Waals surface area contributed by atoms with Crippen molar-refractivity contribution in [1.29, 1.82) is 0 Å². The fourth-order valence-electron chi connectivity index (χ4n) is 1.66. The van der Waals surface area contributed by atoms with Gasteiger partial charge in [-0.05, 0) is 27.7 Å². The van der Waals surface area contributed by atoms with Gasteiger partial charge < -0.3 is 4.74 Å². The highest BCUT2D eigenvalue weighted by molar-refractivity contribution is 5.91. The van der Waals surface area contributed by atoms with Gasteiger partial charge in [0.05, 0.1) is 10.8 Å². The molecule has 0 N–H and O–H groups in total. The topological polar surface area (TPSA) is 60.4 Å². The summed E-state index contributed by atoms with van der Waals surface area (Å²) >= 11 is 0. The molecule has 4 heteroatoms. The fraction of sp³-hybridized carbons (Fsp3) is 0.800. The molecule has 0 aromatic rings. The maximum Gasteiger partial charge on any atom is 0.311 e. The van der Waals surface area contributed by atoms with Crippen LogP contribution < -0.4 is 0 Å². The minimum Gasteiger partial charge on any atom is -0.464 e. The van der Waals surface area contributed by atoms with Crippen LogP contribution in [-0.2, 0) is 19.1 Å². The van der Waals surface area contributed by atoms with Crippen LogP contribution in [0.3, 0.4) is 0 Å². The van der Waals surface area contributed by atoms with E-state index in [0.29, 0.717) is 12.8 Å². The van der Waals surface area contributed by atoms with E-state index in [4.69, 9.17) is 4.74 Å². The van der Waals surface area contributed by atoms with E-state index >= 15 is 0 Å². The quantitative estimate of drug-likeness (QED) is 0.667. The Hall–Kier alpha value is -1.19. The zero-order valence-electron chi connectivity index (χ0n) is 13.0. The molecular formula is C15H26O4. The molecule has 0 saturated heterocycles. The second-order valence-corrected chi connectivity index (χ2v) is 6.23. The highest BCUT2D eigenvalue weighted by Gasteiger charge is 2.36. The SMILES string of the molecule is CCC(=O)CC(C)(COC(=O)C(C)(C)C)C(=O)CC. The molecule has 0 radical (unpaired) electrons. The molecule has 0 heterocycles. The molecule has 0 aromatic heterocycles. The van der Waals surface area contributed by atoms with Crippen LogP contribution in [0.25, 0.3) is 0 Å². The van der Waals surface area contributed by atoms with E-state index in [1.165, 1.54) is 0 Å². The molecule has 0 aromatic carbocycles.